The van der Waals surface area contributed by atoms with Crippen molar-refractivity contribution in [2.24, 2.45) is 0 Å². The number of imide groups is 1. The largest absolute Gasteiger partial charge is 0.496 e. The molecule has 1 saturated heterocycles. The van der Waals surface area contributed by atoms with Gasteiger partial charge in [0.25, 0.3) is 5.91 Å². The van der Waals surface area contributed by atoms with Crippen molar-refractivity contribution in [3.63, 3.8) is 0 Å². The first-order valence-corrected chi connectivity index (χ1v) is 8.78. The quantitative estimate of drug-likeness (QED) is 0.401. The molecule has 1 fully saturated rings. The molecule has 0 saturated carbocycles. The second kappa shape index (κ2) is 8.66. The molecular weight excluding hydrogens is 352 g/mol. The number of rotatable bonds is 9. The Balaban J connectivity index is 1.93. The summed E-state index contributed by atoms with van der Waals surface area (Å²) in [6, 6.07) is 5.94. The van der Waals surface area contributed by atoms with Gasteiger partial charge in [0.15, 0.2) is 6.61 Å². The zero-order valence-electron chi connectivity index (χ0n) is 15.7. The molecule has 0 aliphatic carbocycles. The van der Waals surface area contributed by atoms with Crippen LogP contribution < -0.4 is 10.1 Å². The van der Waals surface area contributed by atoms with Crippen molar-refractivity contribution in [3.05, 3.63) is 29.8 Å². The molecule has 2 rings (SSSR count). The lowest BCUT2D eigenvalue weighted by atomic mass is 9.95. The van der Waals surface area contributed by atoms with Crippen LogP contribution in [0.15, 0.2) is 24.3 Å². The molecule has 3 amide bonds. The molecule has 1 aromatic rings. The van der Waals surface area contributed by atoms with Gasteiger partial charge in [0.05, 0.1) is 12.7 Å². The molecule has 1 aromatic carbocycles. The summed E-state index contributed by atoms with van der Waals surface area (Å²) in [7, 11) is 1.44. The number of nitrogens with one attached hydrogen (secondary N) is 1. The van der Waals surface area contributed by atoms with Gasteiger partial charge in [-0.05, 0) is 25.5 Å². The van der Waals surface area contributed by atoms with Crippen molar-refractivity contribution >= 4 is 23.7 Å². The molecule has 0 bridgehead atoms. The lowest BCUT2D eigenvalue weighted by Gasteiger charge is -2.21. The predicted octanol–water partition coefficient (Wildman–Crippen LogP) is 1.92. The maximum atomic E-state index is 12.5. The maximum absolute atomic E-state index is 12.5. The summed E-state index contributed by atoms with van der Waals surface area (Å²) in [5.41, 5.74) is -0.726. The summed E-state index contributed by atoms with van der Waals surface area (Å²) in [5, 5.41) is 2.62. The first-order valence-electron chi connectivity index (χ1n) is 8.78. The number of esters is 1. The van der Waals surface area contributed by atoms with Crippen LogP contribution in [0.1, 0.15) is 43.5 Å². The van der Waals surface area contributed by atoms with E-state index in [9.17, 15) is 19.2 Å². The summed E-state index contributed by atoms with van der Waals surface area (Å²) < 4.78 is 10.0. The Bertz CT molecular complexity index is 747. The summed E-state index contributed by atoms with van der Waals surface area (Å²) in [6.07, 6.45) is 2.14. The highest BCUT2D eigenvalue weighted by Crippen LogP contribution is 2.23. The molecule has 0 aromatic heterocycles. The van der Waals surface area contributed by atoms with Crippen LogP contribution in [0.25, 0.3) is 0 Å². The number of hydrogen-bond acceptors (Lipinski definition) is 6. The van der Waals surface area contributed by atoms with E-state index < -0.39 is 42.4 Å². The Kier molecular flexibility index (Phi) is 6.55. The number of nitrogens with zero attached hydrogens (tertiary/aromatic N) is 1. The molecule has 8 heteroatoms. The molecule has 1 heterocycles. The highest BCUT2D eigenvalue weighted by atomic mass is 16.5. The second-order valence-corrected chi connectivity index (χ2v) is 6.54. The minimum atomic E-state index is -1.01. The molecule has 146 valence electrons. The van der Waals surface area contributed by atoms with E-state index in [-0.39, 0.29) is 5.56 Å². The first-order chi connectivity index (χ1) is 12.8. The van der Waals surface area contributed by atoms with Gasteiger partial charge in [-0.1, -0.05) is 31.9 Å². The molecule has 1 aliphatic rings. The van der Waals surface area contributed by atoms with Gasteiger partial charge in [0.1, 0.15) is 17.8 Å². The molecular formula is C19H24N2O6. The van der Waals surface area contributed by atoms with Crippen LogP contribution in [0.2, 0.25) is 0 Å². The number of amides is 3. The Morgan fingerprint density at radius 2 is 1.93 bits per heavy atom. The summed E-state index contributed by atoms with van der Waals surface area (Å²) >= 11 is 0. The van der Waals surface area contributed by atoms with E-state index >= 15 is 0 Å². The first kappa shape index (κ1) is 20.4. The highest BCUT2D eigenvalue weighted by molar-refractivity contribution is 6.08. The van der Waals surface area contributed by atoms with Crippen molar-refractivity contribution in [2.45, 2.75) is 38.6 Å². The molecule has 0 radical (unpaired) electrons. The third-order valence-corrected chi connectivity index (χ3v) is 4.43. The van der Waals surface area contributed by atoms with Gasteiger partial charge in [-0.15, -0.1) is 0 Å². The zero-order valence-corrected chi connectivity index (χ0v) is 15.7. The van der Waals surface area contributed by atoms with Crippen molar-refractivity contribution in [2.75, 3.05) is 20.3 Å². The number of ether oxygens (including phenoxy) is 2. The minimum absolute atomic E-state index is 0.287. The SMILES string of the molecule is CCCC[C@]1(C)NC(=O)N(CC(=O)OCC(=O)c2ccccc2OC)C1=O. The number of hydrogen-bond donors (Lipinski definition) is 1. The number of ketones is 1. The van der Waals surface area contributed by atoms with Crippen LogP contribution in [-0.2, 0) is 14.3 Å². The van der Waals surface area contributed by atoms with Crippen LogP contribution >= 0.6 is 0 Å². The fourth-order valence-corrected chi connectivity index (χ4v) is 2.86. The number of carbonyl (C=O) groups excluding carboxylic acids is 4. The standard InChI is InChI=1S/C19H24N2O6/c1-4-5-10-19(2)17(24)21(18(25)20-19)11-16(23)27-12-14(22)13-8-6-7-9-15(13)26-3/h6-9H,4-5,10-12H2,1-3H3,(H,20,25)/t19-/m0/s1. The zero-order chi connectivity index (χ0) is 20.0. The Labute approximate surface area is 157 Å². The lowest BCUT2D eigenvalue weighted by molar-refractivity contribution is -0.146. The van der Waals surface area contributed by atoms with Crippen LogP contribution in [0, 0.1) is 0 Å². The second-order valence-electron chi connectivity index (χ2n) is 6.54. The van der Waals surface area contributed by atoms with Crippen molar-refractivity contribution in [1.82, 2.24) is 10.2 Å². The number of urea groups is 1. The fourth-order valence-electron chi connectivity index (χ4n) is 2.86. The van der Waals surface area contributed by atoms with Gasteiger partial charge in [-0.25, -0.2) is 4.79 Å². The van der Waals surface area contributed by atoms with Gasteiger partial charge in [0.2, 0.25) is 5.78 Å². The van der Waals surface area contributed by atoms with Crippen LogP contribution in [0.3, 0.4) is 0 Å². The molecule has 1 aliphatic heterocycles. The van der Waals surface area contributed by atoms with Gasteiger partial charge >= 0.3 is 12.0 Å². The number of benzene rings is 1. The van der Waals surface area contributed by atoms with E-state index in [1.165, 1.54) is 7.11 Å². The number of carbonyl (C=O) groups is 4. The van der Waals surface area contributed by atoms with Gasteiger partial charge in [0, 0.05) is 0 Å². The van der Waals surface area contributed by atoms with Crippen LogP contribution in [-0.4, -0.2) is 54.4 Å². The van der Waals surface area contributed by atoms with Gasteiger partial charge < -0.3 is 14.8 Å². The smallest absolute Gasteiger partial charge is 0.326 e. The summed E-state index contributed by atoms with van der Waals surface area (Å²) in [5.74, 6) is -1.36. The minimum Gasteiger partial charge on any atom is -0.496 e. The predicted molar refractivity (Wildman–Crippen MR) is 96.5 cm³/mol. The topological polar surface area (TPSA) is 102 Å². The Morgan fingerprint density at radius 1 is 1.22 bits per heavy atom. The molecule has 8 nitrogen and oxygen atoms in total. The maximum Gasteiger partial charge on any atom is 0.326 e. The molecule has 0 spiro atoms. The summed E-state index contributed by atoms with van der Waals surface area (Å²) in [6.45, 7) is 2.58. The average Bonchev–Trinajstić information content (AvgIpc) is 2.87. The Hall–Kier alpha value is -2.90. The number of unbranched alkanes of at least 4 members (excludes halogenated alkanes) is 1. The van der Waals surface area contributed by atoms with E-state index in [4.69, 9.17) is 9.47 Å². The van der Waals surface area contributed by atoms with Gasteiger partial charge in [-0.3, -0.25) is 19.3 Å². The van der Waals surface area contributed by atoms with Crippen molar-refractivity contribution in [3.8, 4) is 5.75 Å². The van der Waals surface area contributed by atoms with E-state index in [2.05, 4.69) is 5.32 Å². The number of Topliss-reactive ketones (excluding diaryl/α,β-unsaturated/α-hetero) is 1. The molecule has 1 N–H and O–H groups in total. The monoisotopic (exact) mass is 376 g/mol. The molecule has 0 unspecified atom stereocenters. The summed E-state index contributed by atoms with van der Waals surface area (Å²) in [4.78, 5) is 49.6. The van der Waals surface area contributed by atoms with E-state index in [0.29, 0.717) is 12.2 Å². The Morgan fingerprint density at radius 3 is 2.59 bits per heavy atom. The van der Waals surface area contributed by atoms with Gasteiger partial charge in [-0.2, -0.15) is 0 Å². The van der Waals surface area contributed by atoms with Crippen LogP contribution in [0.4, 0.5) is 4.79 Å². The number of methoxy groups -OCH3 is 1. The molecule has 27 heavy (non-hydrogen) atoms. The fraction of sp³-hybridized carbons (Fsp3) is 0.474. The van der Waals surface area contributed by atoms with Crippen molar-refractivity contribution < 1.29 is 28.7 Å². The lowest BCUT2D eigenvalue weighted by Crippen LogP contribution is -2.44. The van der Waals surface area contributed by atoms with Crippen LogP contribution in [0.5, 0.6) is 5.75 Å². The number of para-hydroxylation sites is 1. The highest BCUT2D eigenvalue weighted by Gasteiger charge is 2.47. The third-order valence-electron chi connectivity index (χ3n) is 4.43. The van der Waals surface area contributed by atoms with E-state index in [1.54, 1.807) is 31.2 Å². The van der Waals surface area contributed by atoms with E-state index in [0.717, 1.165) is 17.7 Å². The van der Waals surface area contributed by atoms with Crippen molar-refractivity contribution in [1.29, 1.82) is 0 Å². The molecule has 1 atom stereocenters. The third kappa shape index (κ3) is 4.64. The average molecular weight is 376 g/mol. The normalized spacial score (nSPS) is 19.0. The van der Waals surface area contributed by atoms with E-state index in [1.807, 2.05) is 6.92 Å².